The predicted molar refractivity (Wildman–Crippen MR) is 97.0 cm³/mol. The second-order valence-electron chi connectivity index (χ2n) is 8.63. The van der Waals surface area contributed by atoms with Crippen LogP contribution in [0.15, 0.2) is 6.07 Å². The van der Waals surface area contributed by atoms with E-state index in [0.29, 0.717) is 12.8 Å². The molecular weight excluding hydrogens is 314 g/mol. The van der Waals surface area contributed by atoms with Crippen molar-refractivity contribution in [3.8, 4) is 0 Å². The normalized spacial score (nSPS) is 22.3. The number of rotatable bonds is 1. The molecule has 25 heavy (non-hydrogen) atoms. The molecule has 0 saturated heterocycles. The largest absolute Gasteiger partial charge is 0.459 e. The molecule has 0 N–H and O–H groups in total. The highest BCUT2D eigenvalue weighted by Crippen LogP contribution is 2.41. The molecule has 0 fully saturated rings. The van der Waals surface area contributed by atoms with Crippen LogP contribution in [0.1, 0.15) is 55.9 Å². The third-order valence-electron chi connectivity index (χ3n) is 5.59. The summed E-state index contributed by atoms with van der Waals surface area (Å²) in [4.78, 5) is 27.7. The number of esters is 1. The molecule has 0 aromatic heterocycles. The number of hydrogen-bond donors (Lipinski definition) is 0. The van der Waals surface area contributed by atoms with E-state index in [1.807, 2.05) is 20.8 Å². The van der Waals surface area contributed by atoms with Crippen molar-refractivity contribution in [2.75, 3.05) is 18.0 Å². The van der Waals surface area contributed by atoms with Crippen LogP contribution in [0.5, 0.6) is 0 Å². The second-order valence-corrected chi connectivity index (χ2v) is 8.63. The zero-order chi connectivity index (χ0) is 17.8. The summed E-state index contributed by atoms with van der Waals surface area (Å²) in [7, 11) is 0. The molecule has 3 aliphatic rings. The Balaban J connectivity index is 1.70. The second kappa shape index (κ2) is 5.86. The molecule has 1 aromatic carbocycles. The lowest BCUT2D eigenvalue weighted by Crippen LogP contribution is -2.39. The van der Waals surface area contributed by atoms with Crippen LogP contribution in [0.25, 0.3) is 0 Å². The maximum Gasteiger partial charge on any atom is 0.317 e. The van der Waals surface area contributed by atoms with E-state index in [2.05, 4.69) is 11.0 Å². The number of hydrogen-bond acceptors (Lipinski definition) is 4. The third-order valence-corrected chi connectivity index (χ3v) is 5.59. The lowest BCUT2D eigenvalue weighted by atomic mass is 9.76. The van der Waals surface area contributed by atoms with E-state index in [1.54, 1.807) is 0 Å². The van der Waals surface area contributed by atoms with Crippen LogP contribution in [0.4, 0.5) is 5.69 Å². The van der Waals surface area contributed by atoms with Crippen molar-refractivity contribution < 1.29 is 14.3 Å². The highest BCUT2D eigenvalue weighted by atomic mass is 16.6. The SMILES string of the molecule is CC(C)(C)OC(=O)C1Cc2cc3c4c(c2CC1=O)CCCN4CCC3. The number of carbonyl (C=O) groups is 2. The Bertz CT molecular complexity index is 742. The summed E-state index contributed by atoms with van der Waals surface area (Å²) in [5.74, 6) is -0.984. The van der Waals surface area contributed by atoms with Crippen molar-refractivity contribution in [3.63, 3.8) is 0 Å². The third kappa shape index (κ3) is 2.96. The molecule has 1 aliphatic carbocycles. The van der Waals surface area contributed by atoms with E-state index >= 15 is 0 Å². The Morgan fingerprint density at radius 3 is 2.56 bits per heavy atom. The van der Waals surface area contributed by atoms with Crippen molar-refractivity contribution in [1.82, 2.24) is 0 Å². The molecule has 0 radical (unpaired) electrons. The molecule has 134 valence electrons. The van der Waals surface area contributed by atoms with Gasteiger partial charge in [0.05, 0.1) is 0 Å². The number of carbonyl (C=O) groups excluding carboxylic acids is 2. The number of ketones is 1. The van der Waals surface area contributed by atoms with Gasteiger partial charge in [-0.2, -0.15) is 0 Å². The van der Waals surface area contributed by atoms with Gasteiger partial charge in [-0.3, -0.25) is 9.59 Å². The van der Waals surface area contributed by atoms with Crippen LogP contribution in [-0.4, -0.2) is 30.4 Å². The molecule has 0 saturated carbocycles. The summed E-state index contributed by atoms with van der Waals surface area (Å²) < 4.78 is 5.49. The molecule has 1 unspecified atom stereocenters. The monoisotopic (exact) mass is 341 g/mol. The minimum Gasteiger partial charge on any atom is -0.459 e. The Morgan fingerprint density at radius 1 is 1.12 bits per heavy atom. The van der Waals surface area contributed by atoms with Gasteiger partial charge in [0, 0.05) is 25.2 Å². The number of aryl methyl sites for hydroxylation is 1. The van der Waals surface area contributed by atoms with Crippen molar-refractivity contribution in [3.05, 3.63) is 28.3 Å². The van der Waals surface area contributed by atoms with Gasteiger partial charge in [0.2, 0.25) is 0 Å². The van der Waals surface area contributed by atoms with E-state index in [9.17, 15) is 9.59 Å². The quantitative estimate of drug-likeness (QED) is 0.582. The molecular formula is C21H27NO3. The van der Waals surface area contributed by atoms with Gasteiger partial charge >= 0.3 is 5.97 Å². The smallest absolute Gasteiger partial charge is 0.317 e. The van der Waals surface area contributed by atoms with Gasteiger partial charge in [-0.25, -0.2) is 0 Å². The summed E-state index contributed by atoms with van der Waals surface area (Å²) >= 11 is 0. The van der Waals surface area contributed by atoms with Crippen LogP contribution < -0.4 is 4.90 Å². The van der Waals surface area contributed by atoms with E-state index < -0.39 is 11.5 Å². The van der Waals surface area contributed by atoms with E-state index in [-0.39, 0.29) is 11.8 Å². The van der Waals surface area contributed by atoms with Gasteiger partial charge in [0.15, 0.2) is 5.78 Å². The first-order chi connectivity index (χ1) is 11.8. The highest BCUT2D eigenvalue weighted by molar-refractivity contribution is 6.02. The molecule has 4 heteroatoms. The predicted octanol–water partition coefficient (Wildman–Crippen LogP) is 3.01. The Morgan fingerprint density at radius 2 is 1.84 bits per heavy atom. The van der Waals surface area contributed by atoms with E-state index in [1.165, 1.54) is 34.4 Å². The van der Waals surface area contributed by atoms with Crippen molar-refractivity contribution >= 4 is 17.4 Å². The van der Waals surface area contributed by atoms with Gasteiger partial charge in [-0.1, -0.05) is 6.07 Å². The van der Waals surface area contributed by atoms with Crippen LogP contribution in [0.3, 0.4) is 0 Å². The minimum absolute atomic E-state index is 0.0193. The molecule has 4 nitrogen and oxygen atoms in total. The Kier molecular flexibility index (Phi) is 3.89. The molecule has 2 aliphatic heterocycles. The summed E-state index contributed by atoms with van der Waals surface area (Å²) in [6, 6.07) is 2.27. The maximum atomic E-state index is 12.7. The number of nitrogens with zero attached hydrogens (tertiary/aromatic N) is 1. The summed E-state index contributed by atoms with van der Waals surface area (Å²) in [5, 5.41) is 0. The summed E-state index contributed by atoms with van der Waals surface area (Å²) in [6.45, 7) is 7.81. The maximum absolute atomic E-state index is 12.7. The molecule has 0 bridgehead atoms. The van der Waals surface area contributed by atoms with E-state index in [4.69, 9.17) is 4.74 Å². The van der Waals surface area contributed by atoms with E-state index in [0.717, 1.165) is 32.4 Å². The number of ether oxygens (including phenoxy) is 1. The minimum atomic E-state index is -0.639. The van der Waals surface area contributed by atoms with Gasteiger partial charge in [0.25, 0.3) is 0 Å². The molecule has 0 spiro atoms. The van der Waals surface area contributed by atoms with Gasteiger partial charge in [-0.15, -0.1) is 0 Å². The van der Waals surface area contributed by atoms with Crippen molar-refractivity contribution in [2.24, 2.45) is 5.92 Å². The molecule has 4 rings (SSSR count). The first-order valence-corrected chi connectivity index (χ1v) is 9.50. The number of anilines is 1. The molecule has 1 atom stereocenters. The number of Topliss-reactive ketones (excluding diaryl/α,β-unsaturated/α-hetero) is 1. The standard InChI is InChI=1S/C21H27NO3/c1-21(2,3)25-20(24)17-11-14-10-13-6-4-8-22-9-5-7-15(19(13)22)16(14)12-18(17)23/h10,17H,4-9,11-12H2,1-3H3. The summed E-state index contributed by atoms with van der Waals surface area (Å²) in [6.07, 6.45) is 5.41. The summed E-state index contributed by atoms with van der Waals surface area (Å²) in [5.41, 5.74) is 6.05. The zero-order valence-corrected chi connectivity index (χ0v) is 15.5. The van der Waals surface area contributed by atoms with Gasteiger partial charge < -0.3 is 9.64 Å². The molecule has 0 amide bonds. The highest BCUT2D eigenvalue weighted by Gasteiger charge is 2.38. The topological polar surface area (TPSA) is 46.6 Å². The fourth-order valence-corrected chi connectivity index (χ4v) is 4.61. The average molecular weight is 341 g/mol. The fourth-order valence-electron chi connectivity index (χ4n) is 4.61. The zero-order valence-electron chi connectivity index (χ0n) is 15.5. The van der Waals surface area contributed by atoms with Crippen LogP contribution in [0, 0.1) is 5.92 Å². The fraction of sp³-hybridized carbons (Fsp3) is 0.619. The lowest BCUT2D eigenvalue weighted by molar-refractivity contribution is -0.162. The van der Waals surface area contributed by atoms with Crippen molar-refractivity contribution in [1.29, 1.82) is 0 Å². The molecule has 2 heterocycles. The van der Waals surface area contributed by atoms with Gasteiger partial charge in [0.1, 0.15) is 11.5 Å². The first-order valence-electron chi connectivity index (χ1n) is 9.50. The first kappa shape index (κ1) is 16.6. The average Bonchev–Trinajstić information content (AvgIpc) is 2.54. The van der Waals surface area contributed by atoms with Crippen LogP contribution in [-0.2, 0) is 40.0 Å². The Labute approximate surface area is 149 Å². The number of benzene rings is 1. The van der Waals surface area contributed by atoms with Crippen LogP contribution in [0.2, 0.25) is 0 Å². The lowest BCUT2D eigenvalue weighted by Gasteiger charge is -2.39. The molecule has 1 aromatic rings. The van der Waals surface area contributed by atoms with Crippen LogP contribution >= 0.6 is 0 Å². The number of fused-ring (bicyclic) bond motifs is 2. The van der Waals surface area contributed by atoms with Gasteiger partial charge in [-0.05, 0) is 75.1 Å². The Hall–Kier alpha value is -1.84. The van der Waals surface area contributed by atoms with Crippen molar-refractivity contribution in [2.45, 2.75) is 64.9 Å².